The van der Waals surface area contributed by atoms with Gasteiger partial charge in [0.1, 0.15) is 17.7 Å². The molecule has 2 rings (SSSR count). The number of aromatic nitrogens is 1. The lowest BCUT2D eigenvalue weighted by Crippen LogP contribution is -2.44. The van der Waals surface area contributed by atoms with E-state index in [0.29, 0.717) is 18.0 Å². The first kappa shape index (κ1) is 19.0. The molecule has 1 heterocycles. The van der Waals surface area contributed by atoms with Gasteiger partial charge in [-0.1, -0.05) is 13.3 Å². The van der Waals surface area contributed by atoms with Crippen molar-refractivity contribution in [1.82, 2.24) is 10.3 Å². The van der Waals surface area contributed by atoms with Gasteiger partial charge in [0.15, 0.2) is 5.13 Å². The maximum atomic E-state index is 13.2. The lowest BCUT2D eigenvalue weighted by molar-refractivity contribution is -0.126. The van der Waals surface area contributed by atoms with Crippen LogP contribution in [-0.2, 0) is 16.0 Å². The molecule has 25 heavy (non-hydrogen) atoms. The maximum absolute atomic E-state index is 13.2. The van der Waals surface area contributed by atoms with Gasteiger partial charge in [0.2, 0.25) is 11.8 Å². The highest BCUT2D eigenvalue weighted by atomic mass is 32.1. The first-order valence-electron chi connectivity index (χ1n) is 7.84. The van der Waals surface area contributed by atoms with Crippen LogP contribution in [0.4, 0.5) is 13.9 Å². The minimum atomic E-state index is -0.746. The highest BCUT2D eigenvalue weighted by Crippen LogP contribution is 2.15. The van der Waals surface area contributed by atoms with E-state index in [1.54, 1.807) is 0 Å². The number of carbonyl (C=O) groups excluding carboxylic acids is 2. The number of nitrogens with zero attached hydrogens (tertiary/aromatic N) is 1. The van der Waals surface area contributed by atoms with Crippen molar-refractivity contribution in [2.24, 2.45) is 0 Å². The SMILES string of the molecule is CCC[C@H](NC(=O)Cc1cc(F)cc(F)c1)C(=O)Nc1nc(C)cs1. The van der Waals surface area contributed by atoms with Crippen molar-refractivity contribution in [3.8, 4) is 0 Å². The lowest BCUT2D eigenvalue weighted by Gasteiger charge is -2.17. The molecule has 134 valence electrons. The number of nitrogens with one attached hydrogen (secondary N) is 2. The molecule has 0 saturated heterocycles. The zero-order valence-electron chi connectivity index (χ0n) is 13.9. The second-order valence-electron chi connectivity index (χ2n) is 5.65. The van der Waals surface area contributed by atoms with Crippen LogP contribution in [0.3, 0.4) is 0 Å². The minimum Gasteiger partial charge on any atom is -0.344 e. The lowest BCUT2D eigenvalue weighted by atomic mass is 10.1. The zero-order valence-corrected chi connectivity index (χ0v) is 14.8. The number of hydrogen-bond donors (Lipinski definition) is 2. The Hall–Kier alpha value is -2.35. The number of aryl methyl sites for hydroxylation is 1. The molecule has 1 aromatic heterocycles. The summed E-state index contributed by atoms with van der Waals surface area (Å²) in [6.45, 7) is 3.71. The first-order chi connectivity index (χ1) is 11.9. The van der Waals surface area contributed by atoms with Crippen LogP contribution >= 0.6 is 11.3 Å². The number of carbonyl (C=O) groups is 2. The summed E-state index contributed by atoms with van der Waals surface area (Å²) in [5.74, 6) is -2.33. The van der Waals surface area contributed by atoms with Gasteiger partial charge < -0.3 is 10.6 Å². The molecule has 1 atom stereocenters. The van der Waals surface area contributed by atoms with Crippen LogP contribution in [0.2, 0.25) is 0 Å². The summed E-state index contributed by atoms with van der Waals surface area (Å²) in [6, 6.07) is 2.19. The van der Waals surface area contributed by atoms with Gasteiger partial charge in [-0.25, -0.2) is 13.8 Å². The first-order valence-corrected chi connectivity index (χ1v) is 8.72. The van der Waals surface area contributed by atoms with Gasteiger partial charge in [-0.2, -0.15) is 0 Å². The van der Waals surface area contributed by atoms with E-state index in [2.05, 4.69) is 15.6 Å². The normalized spacial score (nSPS) is 11.8. The Bertz CT molecular complexity index is 744. The Morgan fingerprint density at radius 3 is 2.48 bits per heavy atom. The summed E-state index contributed by atoms with van der Waals surface area (Å²) in [5.41, 5.74) is 1.01. The number of anilines is 1. The third-order valence-corrected chi connectivity index (χ3v) is 4.24. The van der Waals surface area contributed by atoms with Crippen LogP contribution in [0.1, 0.15) is 31.0 Å². The summed E-state index contributed by atoms with van der Waals surface area (Å²) in [4.78, 5) is 28.6. The molecule has 0 fully saturated rings. The van der Waals surface area contributed by atoms with Crippen LogP contribution in [0.15, 0.2) is 23.6 Å². The number of halogens is 2. The van der Waals surface area contributed by atoms with E-state index in [1.807, 2.05) is 19.2 Å². The molecular formula is C17H19F2N3O2S. The average Bonchev–Trinajstić information content (AvgIpc) is 2.90. The number of benzene rings is 1. The smallest absolute Gasteiger partial charge is 0.248 e. The summed E-state index contributed by atoms with van der Waals surface area (Å²) in [6.07, 6.45) is 0.918. The Morgan fingerprint density at radius 1 is 1.24 bits per heavy atom. The Kier molecular flexibility index (Phi) is 6.58. The fourth-order valence-electron chi connectivity index (χ4n) is 2.31. The second kappa shape index (κ2) is 8.66. The van der Waals surface area contributed by atoms with Crippen molar-refractivity contribution in [2.75, 3.05) is 5.32 Å². The number of hydrogen-bond acceptors (Lipinski definition) is 4. The largest absolute Gasteiger partial charge is 0.344 e. The predicted molar refractivity (Wildman–Crippen MR) is 92.4 cm³/mol. The fourth-order valence-corrected chi connectivity index (χ4v) is 3.00. The van der Waals surface area contributed by atoms with Gasteiger partial charge in [0.25, 0.3) is 0 Å². The van der Waals surface area contributed by atoms with Crippen molar-refractivity contribution in [2.45, 2.75) is 39.2 Å². The topological polar surface area (TPSA) is 71.1 Å². The van der Waals surface area contributed by atoms with Gasteiger partial charge in [-0.05, 0) is 31.0 Å². The van der Waals surface area contributed by atoms with Crippen molar-refractivity contribution in [1.29, 1.82) is 0 Å². The summed E-state index contributed by atoms with van der Waals surface area (Å²) in [5, 5.41) is 7.55. The fraction of sp³-hybridized carbons (Fsp3) is 0.353. The molecule has 0 bridgehead atoms. The molecule has 2 N–H and O–H groups in total. The molecule has 2 aromatic rings. The molecule has 0 aliphatic rings. The molecule has 0 spiro atoms. The molecule has 0 saturated carbocycles. The van der Waals surface area contributed by atoms with Crippen LogP contribution in [0.5, 0.6) is 0 Å². The molecule has 0 radical (unpaired) electrons. The highest BCUT2D eigenvalue weighted by Gasteiger charge is 2.21. The summed E-state index contributed by atoms with van der Waals surface area (Å²) < 4.78 is 26.4. The monoisotopic (exact) mass is 367 g/mol. The summed E-state index contributed by atoms with van der Waals surface area (Å²) in [7, 11) is 0. The van der Waals surface area contributed by atoms with E-state index in [-0.39, 0.29) is 17.9 Å². The molecular weight excluding hydrogens is 348 g/mol. The van der Waals surface area contributed by atoms with E-state index in [9.17, 15) is 18.4 Å². The van der Waals surface area contributed by atoms with Crippen molar-refractivity contribution in [3.05, 3.63) is 46.5 Å². The van der Waals surface area contributed by atoms with Crippen LogP contribution in [0, 0.1) is 18.6 Å². The molecule has 5 nitrogen and oxygen atoms in total. The van der Waals surface area contributed by atoms with Crippen molar-refractivity contribution in [3.63, 3.8) is 0 Å². The Labute approximate surface area is 148 Å². The minimum absolute atomic E-state index is 0.209. The molecule has 8 heteroatoms. The van der Waals surface area contributed by atoms with Gasteiger partial charge in [-0.3, -0.25) is 9.59 Å². The van der Waals surface area contributed by atoms with Crippen LogP contribution < -0.4 is 10.6 Å². The van der Waals surface area contributed by atoms with Crippen molar-refractivity contribution >= 4 is 28.3 Å². The van der Waals surface area contributed by atoms with E-state index in [4.69, 9.17) is 0 Å². The van der Waals surface area contributed by atoms with E-state index in [1.165, 1.54) is 11.3 Å². The molecule has 0 aliphatic heterocycles. The maximum Gasteiger partial charge on any atom is 0.248 e. The number of thiazole rings is 1. The predicted octanol–water partition coefficient (Wildman–Crippen LogP) is 3.20. The molecule has 2 amide bonds. The third-order valence-electron chi connectivity index (χ3n) is 3.37. The molecule has 0 unspecified atom stereocenters. The van der Waals surface area contributed by atoms with Crippen LogP contribution in [-0.4, -0.2) is 22.8 Å². The quantitative estimate of drug-likeness (QED) is 0.789. The molecule has 0 aliphatic carbocycles. The third kappa shape index (κ3) is 5.90. The zero-order chi connectivity index (χ0) is 18.4. The van der Waals surface area contributed by atoms with Crippen LogP contribution in [0.25, 0.3) is 0 Å². The Balaban J connectivity index is 1.99. The summed E-state index contributed by atoms with van der Waals surface area (Å²) >= 11 is 1.30. The second-order valence-corrected chi connectivity index (χ2v) is 6.50. The van der Waals surface area contributed by atoms with E-state index in [0.717, 1.165) is 23.9 Å². The van der Waals surface area contributed by atoms with E-state index >= 15 is 0 Å². The standard InChI is InChI=1S/C17H19F2N3O2S/c1-3-4-14(16(24)22-17-20-10(2)9-25-17)21-15(23)7-11-5-12(18)8-13(19)6-11/h5-6,8-9,14H,3-4,7H2,1-2H3,(H,21,23)(H,20,22,24)/t14-/m0/s1. The molecule has 1 aromatic carbocycles. The number of amides is 2. The Morgan fingerprint density at radius 2 is 1.92 bits per heavy atom. The van der Waals surface area contributed by atoms with Gasteiger partial charge in [0.05, 0.1) is 12.1 Å². The van der Waals surface area contributed by atoms with Gasteiger partial charge in [0, 0.05) is 11.4 Å². The highest BCUT2D eigenvalue weighted by molar-refractivity contribution is 7.13. The number of rotatable bonds is 7. The van der Waals surface area contributed by atoms with E-state index < -0.39 is 23.6 Å². The average molecular weight is 367 g/mol. The van der Waals surface area contributed by atoms with Gasteiger partial charge >= 0.3 is 0 Å². The van der Waals surface area contributed by atoms with Crippen molar-refractivity contribution < 1.29 is 18.4 Å². The van der Waals surface area contributed by atoms with Gasteiger partial charge in [-0.15, -0.1) is 11.3 Å².